The fourth-order valence-electron chi connectivity index (χ4n) is 14.0. The van der Waals surface area contributed by atoms with Crippen molar-refractivity contribution in [1.82, 2.24) is 24.1 Å². The zero-order valence-corrected chi connectivity index (χ0v) is 52.8. The molecule has 8 nitrogen and oxygen atoms in total. The van der Waals surface area contributed by atoms with Gasteiger partial charge in [-0.1, -0.05) is 224 Å². The average Bonchev–Trinajstić information content (AvgIpc) is 1.54. The highest BCUT2D eigenvalue weighted by Crippen LogP contribution is 2.45. The maximum Gasteiger partial charge on any atom is 0.164 e. The van der Waals surface area contributed by atoms with E-state index in [2.05, 4.69) is 240 Å². The first-order valence-corrected chi connectivity index (χ1v) is 32.5. The molecule has 8 heteroatoms. The lowest BCUT2D eigenvalue weighted by atomic mass is 9.93. The molecular formula is C90H54N8. The molecule has 17 aromatic rings. The van der Waals surface area contributed by atoms with Crippen LogP contribution in [0, 0.1) is 34.0 Å². The van der Waals surface area contributed by atoms with Gasteiger partial charge in [0.25, 0.3) is 0 Å². The first-order chi connectivity index (χ1) is 48.4. The Hall–Kier alpha value is -13.8. The molecule has 0 amide bonds. The Kier molecular flexibility index (Phi) is 14.5. The highest BCUT2D eigenvalue weighted by atomic mass is 15.0. The van der Waals surface area contributed by atoms with Gasteiger partial charge in [0.05, 0.1) is 57.0 Å². The van der Waals surface area contributed by atoms with Crippen LogP contribution in [0.2, 0.25) is 0 Å². The lowest BCUT2D eigenvalue weighted by Gasteiger charge is -2.18. The first-order valence-electron chi connectivity index (χ1n) is 32.5. The van der Waals surface area contributed by atoms with Gasteiger partial charge in [-0.25, -0.2) is 15.0 Å². The number of aromatic nitrogens is 5. The summed E-state index contributed by atoms with van der Waals surface area (Å²) in [4.78, 5) is 16.9. The molecule has 3 heterocycles. The van der Waals surface area contributed by atoms with Gasteiger partial charge in [-0.2, -0.15) is 15.8 Å². The number of nitrogens with zero attached hydrogens (tertiary/aromatic N) is 8. The quantitative estimate of drug-likeness (QED) is 0.120. The Morgan fingerprint density at radius 3 is 0.929 bits per heavy atom. The Morgan fingerprint density at radius 1 is 0.214 bits per heavy atom. The molecule has 0 saturated carbocycles. The molecule has 0 aliphatic carbocycles. The van der Waals surface area contributed by atoms with Crippen molar-refractivity contribution in [2.75, 3.05) is 0 Å². The number of hydrogen-bond donors (Lipinski definition) is 0. The van der Waals surface area contributed by atoms with E-state index in [4.69, 9.17) is 15.0 Å². The van der Waals surface area contributed by atoms with Gasteiger partial charge in [0.2, 0.25) is 0 Å². The van der Waals surface area contributed by atoms with Crippen molar-refractivity contribution >= 4 is 43.6 Å². The molecular weight excluding hydrogens is 1190 g/mol. The van der Waals surface area contributed by atoms with E-state index in [9.17, 15) is 15.8 Å². The highest BCUT2D eigenvalue weighted by molar-refractivity contribution is 6.13. The Labute approximate surface area is 566 Å². The van der Waals surface area contributed by atoms with Gasteiger partial charge in [-0.3, -0.25) is 0 Å². The molecule has 3 aromatic heterocycles. The van der Waals surface area contributed by atoms with Crippen molar-refractivity contribution < 1.29 is 0 Å². The smallest absolute Gasteiger partial charge is 0.164 e. The largest absolute Gasteiger partial charge is 0.309 e. The summed E-state index contributed by atoms with van der Waals surface area (Å²) in [6.07, 6.45) is 0. The zero-order chi connectivity index (χ0) is 65.6. The topological polar surface area (TPSA) is 120 Å². The third-order valence-electron chi connectivity index (χ3n) is 18.7. The second-order valence-corrected chi connectivity index (χ2v) is 24.4. The van der Waals surface area contributed by atoms with Crippen LogP contribution in [0.15, 0.2) is 328 Å². The van der Waals surface area contributed by atoms with E-state index in [1.807, 2.05) is 109 Å². The third-order valence-corrected chi connectivity index (χ3v) is 18.7. The summed E-state index contributed by atoms with van der Waals surface area (Å²) in [6.45, 7) is 0. The highest BCUT2D eigenvalue weighted by Gasteiger charge is 2.25. The van der Waals surface area contributed by atoms with Gasteiger partial charge < -0.3 is 9.13 Å². The molecule has 0 saturated heterocycles. The molecule has 0 unspecified atom stereocenters. The lowest BCUT2D eigenvalue weighted by molar-refractivity contribution is 1.07. The minimum Gasteiger partial charge on any atom is -0.309 e. The zero-order valence-electron chi connectivity index (χ0n) is 52.8. The van der Waals surface area contributed by atoms with Crippen LogP contribution in [0.25, 0.3) is 167 Å². The number of rotatable bonds is 12. The fraction of sp³-hybridized carbons (Fsp3) is 0. The van der Waals surface area contributed by atoms with Crippen molar-refractivity contribution in [3.63, 3.8) is 0 Å². The first kappa shape index (κ1) is 58.0. The predicted molar refractivity (Wildman–Crippen MR) is 397 cm³/mol. The van der Waals surface area contributed by atoms with Crippen LogP contribution in [0.4, 0.5) is 0 Å². The van der Waals surface area contributed by atoms with E-state index in [0.717, 1.165) is 122 Å². The van der Waals surface area contributed by atoms with Crippen molar-refractivity contribution in [2.45, 2.75) is 0 Å². The summed E-state index contributed by atoms with van der Waals surface area (Å²) in [7, 11) is 0. The molecule has 98 heavy (non-hydrogen) atoms. The number of nitriles is 3. The molecule has 0 aliphatic heterocycles. The van der Waals surface area contributed by atoms with Gasteiger partial charge in [0, 0.05) is 60.7 Å². The molecule has 0 aliphatic rings. The monoisotopic (exact) mass is 1250 g/mol. The summed E-state index contributed by atoms with van der Waals surface area (Å²) >= 11 is 0. The predicted octanol–water partition coefficient (Wildman–Crippen LogP) is 22.4. The maximum atomic E-state index is 10.9. The van der Waals surface area contributed by atoms with Gasteiger partial charge in [0.15, 0.2) is 17.5 Å². The molecule has 0 N–H and O–H groups in total. The molecule has 0 radical (unpaired) electrons. The van der Waals surface area contributed by atoms with Crippen LogP contribution in [0.5, 0.6) is 0 Å². The third kappa shape index (κ3) is 10.4. The van der Waals surface area contributed by atoms with Crippen molar-refractivity contribution in [2.24, 2.45) is 0 Å². The van der Waals surface area contributed by atoms with Crippen LogP contribution in [0.1, 0.15) is 16.7 Å². The minimum atomic E-state index is 0.355. The summed E-state index contributed by atoms with van der Waals surface area (Å²) in [6, 6.07) is 120. The van der Waals surface area contributed by atoms with Gasteiger partial charge in [-0.05, 0) is 170 Å². The molecule has 0 fully saturated rings. The maximum absolute atomic E-state index is 10.9. The summed E-state index contributed by atoms with van der Waals surface area (Å²) in [5.41, 5.74) is 22.8. The second-order valence-electron chi connectivity index (χ2n) is 24.4. The standard InChI is InChI=1S/C90H54N8/c91-55-58-19-17-30-63(47-58)64-31-18-32-69(48-64)88-94-89(82-53-72(39-41-76(82)74-33-15-13-28-70(74)56-92)97-84-43-35-65(59-20-5-1-6-21-59)49-78(84)79-50-66(36-44-85(79)97)60-22-7-2-8-23-60)96-90(95-88)83-54-73(40-42-77(83)75-34-16-14-29-71(75)57-93)98-86-45-37-67(61-24-9-3-10-25-61)51-80(86)81-52-68(38-46-87(81)98)62-26-11-4-12-27-62/h1-54H. The van der Waals surface area contributed by atoms with Crippen LogP contribution >= 0.6 is 0 Å². The van der Waals surface area contributed by atoms with Gasteiger partial charge in [-0.15, -0.1) is 0 Å². The van der Waals surface area contributed by atoms with Crippen LogP contribution in [-0.4, -0.2) is 24.1 Å². The summed E-state index contributed by atoms with van der Waals surface area (Å²) in [5, 5.41) is 36.3. The molecule has 0 spiro atoms. The minimum absolute atomic E-state index is 0.355. The van der Waals surface area contributed by atoms with E-state index in [0.29, 0.717) is 62.0 Å². The summed E-state index contributed by atoms with van der Waals surface area (Å²) in [5.74, 6) is 1.10. The average molecular weight is 1250 g/mol. The van der Waals surface area contributed by atoms with Crippen molar-refractivity contribution in [3.05, 3.63) is 344 Å². The molecule has 17 rings (SSSR count). The number of benzene rings is 14. The fourth-order valence-corrected chi connectivity index (χ4v) is 14.0. The van der Waals surface area contributed by atoms with E-state index >= 15 is 0 Å². The lowest BCUT2D eigenvalue weighted by Crippen LogP contribution is -2.04. The summed E-state index contributed by atoms with van der Waals surface area (Å²) < 4.78 is 4.63. The molecule has 0 atom stereocenters. The van der Waals surface area contributed by atoms with E-state index in [1.165, 1.54) is 0 Å². The number of hydrogen-bond acceptors (Lipinski definition) is 6. The molecule has 14 aromatic carbocycles. The number of fused-ring (bicyclic) bond motifs is 6. The molecule has 0 bridgehead atoms. The Morgan fingerprint density at radius 2 is 0.541 bits per heavy atom. The van der Waals surface area contributed by atoms with Gasteiger partial charge in [0.1, 0.15) is 0 Å². The van der Waals surface area contributed by atoms with Crippen molar-refractivity contribution in [1.29, 1.82) is 15.8 Å². The van der Waals surface area contributed by atoms with E-state index < -0.39 is 0 Å². The van der Waals surface area contributed by atoms with Crippen LogP contribution in [-0.2, 0) is 0 Å². The normalized spacial score (nSPS) is 11.2. The molecule has 454 valence electrons. The van der Waals surface area contributed by atoms with Crippen LogP contribution in [0.3, 0.4) is 0 Å². The Balaban J connectivity index is 0.944. The Bertz CT molecular complexity index is 5630. The second kappa shape index (κ2) is 24.6. The van der Waals surface area contributed by atoms with E-state index in [-0.39, 0.29) is 0 Å². The van der Waals surface area contributed by atoms with Crippen molar-refractivity contribution in [3.8, 4) is 142 Å². The van der Waals surface area contributed by atoms with Crippen LogP contribution < -0.4 is 0 Å². The van der Waals surface area contributed by atoms with Gasteiger partial charge >= 0.3 is 0 Å². The van der Waals surface area contributed by atoms with E-state index in [1.54, 1.807) is 6.07 Å². The SMILES string of the molecule is N#Cc1cccc(-c2cccc(-c3nc(-c4cc(-n5c6ccc(-c7ccccc7)cc6c6cc(-c7ccccc7)ccc65)ccc4-c4ccccc4C#N)nc(-c4cc(-n5c6ccc(-c7ccccc7)cc6c6cc(-c7ccccc7)ccc65)ccc4-c4ccccc4C#N)n3)c2)c1.